The smallest absolute Gasteiger partial charge is 0.352 e. The molecule has 1 aliphatic carbocycles. The number of amides is 2. The Morgan fingerprint density at radius 2 is 1.97 bits per heavy atom. The minimum Gasteiger partial charge on any atom is -0.478 e. The number of hydrogen-bond acceptors (Lipinski definition) is 11. The molecule has 2 atom stereocenters. The molecule has 1 saturated carbocycles. The van der Waals surface area contributed by atoms with Gasteiger partial charge in [-0.3, -0.25) is 19.5 Å². The third-order valence-electron chi connectivity index (χ3n) is 6.69. The highest BCUT2D eigenvalue weighted by atomic mass is 32.2. The van der Waals surface area contributed by atoms with E-state index in [4.69, 9.17) is 10.6 Å². The van der Waals surface area contributed by atoms with Crippen LogP contribution in [-0.2, 0) is 30.6 Å². The van der Waals surface area contributed by atoms with E-state index in [9.17, 15) is 29.4 Å². The van der Waals surface area contributed by atoms with Crippen molar-refractivity contribution in [2.24, 2.45) is 5.16 Å². The average molecular weight is 575 g/mol. The van der Waals surface area contributed by atoms with Gasteiger partial charge < -0.3 is 26.1 Å². The van der Waals surface area contributed by atoms with E-state index in [-0.39, 0.29) is 41.6 Å². The minimum absolute atomic E-state index is 0.0660. The predicted molar refractivity (Wildman–Crippen MR) is 137 cm³/mol. The van der Waals surface area contributed by atoms with E-state index in [2.05, 4.69) is 20.4 Å². The molecule has 16 heteroatoms. The van der Waals surface area contributed by atoms with Crippen molar-refractivity contribution < 1.29 is 38.8 Å². The van der Waals surface area contributed by atoms with Crippen molar-refractivity contribution >= 4 is 57.7 Å². The summed E-state index contributed by atoms with van der Waals surface area (Å²) in [6.07, 6.45) is 8.28. The van der Waals surface area contributed by atoms with Crippen LogP contribution in [0.25, 0.3) is 0 Å². The number of carboxylic acids is 2. The zero-order chi connectivity index (χ0) is 27.7. The largest absolute Gasteiger partial charge is 0.478 e. The van der Waals surface area contributed by atoms with Gasteiger partial charge in [-0.2, -0.15) is 4.57 Å². The molecule has 1 saturated heterocycles. The number of hydrogen-bond donors (Lipinski definition) is 4. The van der Waals surface area contributed by atoms with Crippen molar-refractivity contribution in [1.82, 2.24) is 20.2 Å². The van der Waals surface area contributed by atoms with Gasteiger partial charge in [-0.1, -0.05) is 5.16 Å². The van der Waals surface area contributed by atoms with Crippen LogP contribution < -0.4 is 15.6 Å². The number of thioether (sulfide) groups is 1. The third kappa shape index (κ3) is 5.04. The number of carbonyl (C=O) groups excluding carboxylic acids is 2. The van der Waals surface area contributed by atoms with E-state index in [1.165, 1.54) is 22.0 Å². The molecule has 2 aromatic heterocycles. The number of aliphatic carboxylic acids is 2. The van der Waals surface area contributed by atoms with Gasteiger partial charge in [0, 0.05) is 29.5 Å². The number of rotatable bonds is 9. The second kappa shape index (κ2) is 10.6. The molecular weight excluding hydrogens is 550 g/mol. The molecule has 0 radical (unpaired) electrons. The minimum atomic E-state index is -1.56. The zero-order valence-corrected chi connectivity index (χ0v) is 22.0. The fourth-order valence-electron chi connectivity index (χ4n) is 4.71. The molecule has 0 spiro atoms. The first kappa shape index (κ1) is 26.6. The molecule has 2 amide bonds. The van der Waals surface area contributed by atoms with Crippen LogP contribution in [0.3, 0.4) is 0 Å². The van der Waals surface area contributed by atoms with Gasteiger partial charge in [-0.25, -0.2) is 14.6 Å². The number of thiazole rings is 1. The number of β-lactam (4-membered cyclic amide) rings is 1. The number of nitrogens with zero attached hydrogens (tertiary/aromatic N) is 5. The summed E-state index contributed by atoms with van der Waals surface area (Å²) in [5, 5.41) is 27.1. The summed E-state index contributed by atoms with van der Waals surface area (Å²) in [5.74, 6) is -3.51. The monoisotopic (exact) mass is 574 g/mol. The van der Waals surface area contributed by atoms with Gasteiger partial charge in [-0.05, 0) is 12.8 Å². The maximum Gasteiger partial charge on any atom is 0.352 e. The van der Waals surface area contributed by atoms with Crippen LogP contribution in [0.5, 0.6) is 0 Å². The van der Waals surface area contributed by atoms with Crippen LogP contribution in [0, 0.1) is 0 Å². The highest BCUT2D eigenvalue weighted by molar-refractivity contribution is 8.00. The average Bonchev–Trinajstić information content (AvgIpc) is 3.57. The Morgan fingerprint density at radius 3 is 2.59 bits per heavy atom. The lowest BCUT2D eigenvalue weighted by atomic mass is 10.0. The van der Waals surface area contributed by atoms with Crippen molar-refractivity contribution in [3.63, 3.8) is 0 Å². The summed E-state index contributed by atoms with van der Waals surface area (Å²) < 4.78 is 1.76. The molecule has 2 fully saturated rings. The van der Waals surface area contributed by atoms with Gasteiger partial charge in [0.15, 0.2) is 29.8 Å². The number of anilines is 1. The Kier molecular flexibility index (Phi) is 7.22. The normalized spacial score (nSPS) is 22.2. The molecule has 2 aliphatic heterocycles. The molecule has 5 N–H and O–H groups in total. The van der Waals surface area contributed by atoms with Crippen LogP contribution in [0.4, 0.5) is 5.13 Å². The first-order valence-electron chi connectivity index (χ1n) is 11.9. The van der Waals surface area contributed by atoms with E-state index in [0.29, 0.717) is 24.2 Å². The Morgan fingerprint density at radius 1 is 1.26 bits per heavy atom. The van der Waals surface area contributed by atoms with Gasteiger partial charge in [0.05, 0.1) is 12.4 Å². The Labute approximate surface area is 229 Å². The van der Waals surface area contributed by atoms with E-state index in [0.717, 1.165) is 11.3 Å². The standard InChI is InChI=1S/C23H23N7O7S2/c24-22-26-13(11-39-22)14(28-37-23(21(35)36)3-1-2-4-23)17(31)27-15-18(32)30-16(20(33)34)12(10-38-19(15)30)9-29-7-5-25-6-8-29/h5-8,11,15,19H,1-4,9-10H2,(H4-,24,26,27,31,33,34,35,36)/p+1/t15?,19-/m0/s1. The van der Waals surface area contributed by atoms with Gasteiger partial charge in [0.2, 0.25) is 5.60 Å². The molecule has 39 heavy (non-hydrogen) atoms. The number of nitrogens with one attached hydrogen (secondary N) is 1. The lowest BCUT2D eigenvalue weighted by Crippen LogP contribution is -2.71. The van der Waals surface area contributed by atoms with Crippen molar-refractivity contribution in [1.29, 1.82) is 0 Å². The van der Waals surface area contributed by atoms with Gasteiger partial charge in [-0.15, -0.1) is 23.1 Å². The molecule has 3 aliphatic rings. The highest BCUT2D eigenvalue weighted by Gasteiger charge is 2.55. The Hall–Kier alpha value is -4.05. The lowest BCUT2D eigenvalue weighted by molar-refractivity contribution is -0.689. The summed E-state index contributed by atoms with van der Waals surface area (Å²) in [6.45, 7) is 0.259. The summed E-state index contributed by atoms with van der Waals surface area (Å²) in [5.41, 5.74) is 4.33. The number of nitrogens with two attached hydrogens (primary N) is 1. The van der Waals surface area contributed by atoms with Crippen molar-refractivity contribution in [3.05, 3.63) is 47.1 Å². The SMILES string of the molecule is Nc1nc(C(=NOC2(C(=O)O)CCCC2)C(=O)NC2C(=O)N3C(C(=O)O)=C(C[n+]4ccncc4)CS[C@@H]23)cs1. The Balaban J connectivity index is 1.36. The Bertz CT molecular complexity index is 1390. The number of aromatic nitrogens is 3. The molecule has 2 aromatic rings. The van der Waals surface area contributed by atoms with E-state index < -0.39 is 40.8 Å². The van der Waals surface area contributed by atoms with Crippen molar-refractivity contribution in [2.45, 2.75) is 49.2 Å². The fourth-order valence-corrected chi connectivity index (χ4v) is 6.60. The third-order valence-corrected chi connectivity index (χ3v) is 8.70. The first-order valence-corrected chi connectivity index (χ1v) is 13.8. The number of oxime groups is 1. The van der Waals surface area contributed by atoms with Crippen LogP contribution in [-0.4, -0.2) is 77.3 Å². The molecule has 4 heterocycles. The number of carbonyl (C=O) groups is 4. The van der Waals surface area contributed by atoms with E-state index in [1.807, 2.05) is 0 Å². The molecule has 0 aromatic carbocycles. The summed E-state index contributed by atoms with van der Waals surface area (Å²) in [4.78, 5) is 65.1. The maximum atomic E-state index is 13.3. The lowest BCUT2D eigenvalue weighted by Gasteiger charge is -2.49. The van der Waals surface area contributed by atoms with Gasteiger partial charge >= 0.3 is 11.9 Å². The molecule has 204 valence electrons. The first-order chi connectivity index (χ1) is 18.7. The summed E-state index contributed by atoms with van der Waals surface area (Å²) in [6, 6.07) is -1.03. The molecular formula is C23H24N7O7S2+. The number of nitrogen functional groups attached to an aromatic ring is 1. The predicted octanol–water partition coefficient (Wildman–Crippen LogP) is -0.0353. The second-order valence-corrected chi connectivity index (χ2v) is 11.1. The maximum absolute atomic E-state index is 13.3. The molecule has 14 nitrogen and oxygen atoms in total. The zero-order valence-electron chi connectivity index (χ0n) is 20.3. The van der Waals surface area contributed by atoms with Gasteiger partial charge in [0.1, 0.15) is 22.8 Å². The topological polar surface area (TPSA) is 201 Å². The summed E-state index contributed by atoms with van der Waals surface area (Å²) in [7, 11) is 0. The van der Waals surface area contributed by atoms with Crippen LogP contribution >= 0.6 is 23.1 Å². The number of carboxylic acid groups (broad SMARTS) is 2. The van der Waals surface area contributed by atoms with Crippen LogP contribution in [0.1, 0.15) is 31.4 Å². The van der Waals surface area contributed by atoms with Crippen molar-refractivity contribution in [2.75, 3.05) is 11.5 Å². The highest BCUT2D eigenvalue weighted by Crippen LogP contribution is 2.40. The molecule has 1 unspecified atom stereocenters. The molecule has 0 bridgehead atoms. The van der Waals surface area contributed by atoms with Crippen LogP contribution in [0.2, 0.25) is 0 Å². The second-order valence-electron chi connectivity index (χ2n) is 9.14. The quantitative estimate of drug-likeness (QED) is 0.136. The molecule has 5 rings (SSSR count). The van der Waals surface area contributed by atoms with E-state index in [1.54, 1.807) is 29.4 Å². The summed E-state index contributed by atoms with van der Waals surface area (Å²) >= 11 is 2.37. The van der Waals surface area contributed by atoms with Crippen LogP contribution in [0.15, 0.2) is 46.6 Å². The van der Waals surface area contributed by atoms with E-state index >= 15 is 0 Å². The van der Waals surface area contributed by atoms with Crippen molar-refractivity contribution in [3.8, 4) is 0 Å². The fraction of sp³-hybridized carbons (Fsp3) is 0.391. The number of fused-ring (bicyclic) bond motifs is 1. The van der Waals surface area contributed by atoms with Gasteiger partial charge in [0.25, 0.3) is 11.8 Å².